The molecule has 2 bridgehead atoms. The van der Waals surface area contributed by atoms with E-state index in [2.05, 4.69) is 27.7 Å². The van der Waals surface area contributed by atoms with Crippen molar-refractivity contribution in [3.63, 3.8) is 0 Å². The first-order valence-corrected chi connectivity index (χ1v) is 7.74. The summed E-state index contributed by atoms with van der Waals surface area (Å²) in [5, 5.41) is 0. The lowest BCUT2D eigenvalue weighted by Crippen LogP contribution is -2.24. The molecule has 108 valence electrons. The molecule has 5 unspecified atom stereocenters. The van der Waals surface area contributed by atoms with Gasteiger partial charge in [-0.2, -0.15) is 0 Å². The molecule has 1 aromatic rings. The lowest BCUT2D eigenvalue weighted by molar-refractivity contribution is -0.120. The summed E-state index contributed by atoms with van der Waals surface area (Å²) in [7, 11) is 0. The van der Waals surface area contributed by atoms with Crippen LogP contribution in [0.1, 0.15) is 49.3 Å². The maximum absolute atomic E-state index is 10.5. The van der Waals surface area contributed by atoms with E-state index in [9.17, 15) is 4.79 Å². The van der Waals surface area contributed by atoms with Gasteiger partial charge in [0.25, 0.3) is 6.47 Å². The van der Waals surface area contributed by atoms with Crippen LogP contribution in [0.25, 0.3) is 0 Å². The Morgan fingerprint density at radius 2 is 1.75 bits per heavy atom. The van der Waals surface area contributed by atoms with E-state index in [1.54, 1.807) is 0 Å². The van der Waals surface area contributed by atoms with E-state index in [-0.39, 0.29) is 0 Å². The average Bonchev–Trinajstić information content (AvgIpc) is 2.91. The van der Waals surface area contributed by atoms with Crippen LogP contribution in [0.15, 0.2) is 12.1 Å². The number of hydrogen-bond donors (Lipinski definition) is 0. The Balaban J connectivity index is 1.94. The topological polar surface area (TPSA) is 26.3 Å². The number of carbonyl (C=O) groups excluding carboxylic acids is 1. The van der Waals surface area contributed by atoms with Gasteiger partial charge in [0.2, 0.25) is 0 Å². The minimum atomic E-state index is 0.509. The fraction of sp³-hybridized carbons (Fsp3) is 0.611. The highest BCUT2D eigenvalue weighted by Crippen LogP contribution is 2.59. The maximum Gasteiger partial charge on any atom is 0.298 e. The lowest BCUT2D eigenvalue weighted by Gasteiger charge is -2.33. The fourth-order valence-electron chi connectivity index (χ4n) is 4.92. The molecule has 1 aromatic carbocycles. The monoisotopic (exact) mass is 272 g/mol. The third-order valence-corrected chi connectivity index (χ3v) is 6.02. The molecular formula is C18H24O2. The molecule has 0 N–H and O–H groups in total. The van der Waals surface area contributed by atoms with E-state index < -0.39 is 0 Å². The molecule has 2 fully saturated rings. The molecule has 2 aliphatic rings. The van der Waals surface area contributed by atoms with Crippen molar-refractivity contribution < 1.29 is 9.53 Å². The minimum Gasteiger partial charge on any atom is -0.429 e. The van der Waals surface area contributed by atoms with Gasteiger partial charge in [0.15, 0.2) is 0 Å². The zero-order valence-corrected chi connectivity index (χ0v) is 12.8. The Morgan fingerprint density at radius 3 is 2.25 bits per heavy atom. The van der Waals surface area contributed by atoms with Gasteiger partial charge in [-0.25, -0.2) is 0 Å². The Hall–Kier alpha value is -1.31. The van der Waals surface area contributed by atoms with E-state index in [1.807, 2.05) is 12.1 Å². The van der Waals surface area contributed by atoms with Gasteiger partial charge in [0, 0.05) is 0 Å². The van der Waals surface area contributed by atoms with Gasteiger partial charge in [-0.1, -0.05) is 13.8 Å². The molecule has 0 amide bonds. The highest BCUT2D eigenvalue weighted by Gasteiger charge is 2.49. The summed E-state index contributed by atoms with van der Waals surface area (Å²) >= 11 is 0. The summed E-state index contributed by atoms with van der Waals surface area (Å²) < 4.78 is 5.00. The molecule has 2 nitrogen and oxygen atoms in total. The van der Waals surface area contributed by atoms with Gasteiger partial charge in [-0.05, 0) is 85.1 Å². The van der Waals surface area contributed by atoms with Crippen LogP contribution in [0.3, 0.4) is 0 Å². The summed E-state index contributed by atoms with van der Waals surface area (Å²) in [6.07, 6.45) is 2.74. The van der Waals surface area contributed by atoms with Crippen molar-refractivity contribution in [2.75, 3.05) is 0 Å². The molecule has 3 rings (SSSR count). The number of ether oxygens (including phenoxy) is 1. The summed E-state index contributed by atoms with van der Waals surface area (Å²) in [5.74, 6) is 4.84. The largest absolute Gasteiger partial charge is 0.429 e. The van der Waals surface area contributed by atoms with Crippen molar-refractivity contribution in [1.82, 2.24) is 0 Å². The van der Waals surface area contributed by atoms with Crippen LogP contribution in [0.2, 0.25) is 0 Å². The van der Waals surface area contributed by atoms with Crippen LogP contribution in [0, 0.1) is 37.5 Å². The van der Waals surface area contributed by atoms with Crippen LogP contribution in [-0.2, 0) is 4.79 Å². The van der Waals surface area contributed by atoms with Gasteiger partial charge in [-0.3, -0.25) is 4.79 Å². The molecule has 0 heterocycles. The van der Waals surface area contributed by atoms with Gasteiger partial charge >= 0.3 is 0 Å². The molecule has 20 heavy (non-hydrogen) atoms. The quantitative estimate of drug-likeness (QED) is 0.769. The van der Waals surface area contributed by atoms with Crippen molar-refractivity contribution in [3.05, 3.63) is 28.8 Å². The summed E-state index contributed by atoms with van der Waals surface area (Å²) in [5.41, 5.74) is 4.06. The van der Waals surface area contributed by atoms with Crippen molar-refractivity contribution in [2.24, 2.45) is 23.7 Å². The van der Waals surface area contributed by atoms with Crippen molar-refractivity contribution in [2.45, 2.75) is 46.5 Å². The van der Waals surface area contributed by atoms with E-state index in [1.165, 1.54) is 29.5 Å². The van der Waals surface area contributed by atoms with Gasteiger partial charge < -0.3 is 4.74 Å². The minimum absolute atomic E-state index is 0.509. The van der Waals surface area contributed by atoms with Crippen LogP contribution < -0.4 is 4.74 Å². The number of rotatable bonds is 3. The molecular weight excluding hydrogens is 248 g/mol. The molecule has 0 saturated heterocycles. The summed E-state index contributed by atoms with van der Waals surface area (Å²) in [6.45, 7) is 9.66. The number of carbonyl (C=O) groups is 1. The Kier molecular flexibility index (Phi) is 3.35. The van der Waals surface area contributed by atoms with Gasteiger partial charge in [0.05, 0.1) is 0 Å². The number of fused-ring (bicyclic) bond motifs is 2. The maximum atomic E-state index is 10.5. The summed E-state index contributed by atoms with van der Waals surface area (Å²) in [6, 6.07) is 4.02. The molecule has 2 aliphatic carbocycles. The molecule has 0 radical (unpaired) electrons. The molecule has 2 heteroatoms. The standard InChI is InChI=1S/C18H24O2/c1-10-5-15(20-9-19)6-11(2)18(10)17-8-14-7-16(17)13(4)12(14)3/h5-6,9,12-14,16-17H,7-8H2,1-4H3. The van der Waals surface area contributed by atoms with E-state index >= 15 is 0 Å². The Bertz CT molecular complexity index is 509. The molecule has 5 atom stereocenters. The number of aryl methyl sites for hydroxylation is 2. The SMILES string of the molecule is Cc1cc(OC=O)cc(C)c1C1CC2CC1C(C)C2C. The molecule has 0 spiro atoms. The van der Waals surface area contributed by atoms with Crippen molar-refractivity contribution in [3.8, 4) is 5.75 Å². The highest BCUT2D eigenvalue weighted by molar-refractivity contribution is 5.50. The zero-order chi connectivity index (χ0) is 14.4. The predicted molar refractivity (Wildman–Crippen MR) is 79.9 cm³/mol. The Morgan fingerprint density at radius 1 is 1.10 bits per heavy atom. The van der Waals surface area contributed by atoms with Crippen LogP contribution >= 0.6 is 0 Å². The number of hydrogen-bond acceptors (Lipinski definition) is 2. The summed E-state index contributed by atoms with van der Waals surface area (Å²) in [4.78, 5) is 10.5. The third kappa shape index (κ3) is 1.97. The fourth-order valence-corrected chi connectivity index (χ4v) is 4.92. The van der Waals surface area contributed by atoms with Crippen LogP contribution in [-0.4, -0.2) is 6.47 Å². The van der Waals surface area contributed by atoms with Crippen LogP contribution in [0.5, 0.6) is 5.75 Å². The van der Waals surface area contributed by atoms with Crippen LogP contribution in [0.4, 0.5) is 0 Å². The van der Waals surface area contributed by atoms with E-state index in [0.29, 0.717) is 18.1 Å². The molecule has 2 saturated carbocycles. The molecule has 0 aliphatic heterocycles. The first kappa shape index (κ1) is 13.7. The number of benzene rings is 1. The second-order valence-electron chi connectivity index (χ2n) is 6.90. The van der Waals surface area contributed by atoms with Crippen molar-refractivity contribution in [1.29, 1.82) is 0 Å². The van der Waals surface area contributed by atoms with Gasteiger partial charge in [-0.15, -0.1) is 0 Å². The average molecular weight is 272 g/mol. The van der Waals surface area contributed by atoms with E-state index in [0.717, 1.165) is 23.7 Å². The highest BCUT2D eigenvalue weighted by atomic mass is 16.5. The normalized spacial score (nSPS) is 35.3. The zero-order valence-electron chi connectivity index (χ0n) is 12.8. The second-order valence-corrected chi connectivity index (χ2v) is 6.90. The predicted octanol–water partition coefficient (Wildman–Crippen LogP) is 4.23. The van der Waals surface area contributed by atoms with Gasteiger partial charge in [0.1, 0.15) is 5.75 Å². The third-order valence-electron chi connectivity index (χ3n) is 6.02. The second kappa shape index (κ2) is 4.91. The first-order chi connectivity index (χ1) is 9.52. The molecule has 0 aromatic heterocycles. The smallest absolute Gasteiger partial charge is 0.298 e. The lowest BCUT2D eigenvalue weighted by atomic mass is 9.71. The Labute approximate surface area is 121 Å². The van der Waals surface area contributed by atoms with Crippen molar-refractivity contribution >= 4 is 6.47 Å². The first-order valence-electron chi connectivity index (χ1n) is 7.74. The van der Waals surface area contributed by atoms with E-state index in [4.69, 9.17) is 4.74 Å².